The molecule has 0 saturated carbocycles. The monoisotopic (exact) mass is 204 g/mol. The van der Waals surface area contributed by atoms with E-state index in [4.69, 9.17) is 0 Å². The molecule has 0 N–H and O–H groups in total. The van der Waals surface area contributed by atoms with Gasteiger partial charge in [0.2, 0.25) is 0 Å². The molecule has 1 aromatic carbocycles. The molecule has 0 fully saturated rings. The van der Waals surface area contributed by atoms with Crippen LogP contribution in [0.3, 0.4) is 0 Å². The van der Waals surface area contributed by atoms with E-state index in [1.54, 1.807) is 0 Å². The van der Waals surface area contributed by atoms with Crippen LogP contribution >= 0.6 is 0 Å². The number of benzene rings is 1. The molecule has 15 heavy (non-hydrogen) atoms. The molecule has 0 aliphatic heterocycles. The van der Waals surface area contributed by atoms with Gasteiger partial charge in [-0.25, -0.2) is 0 Å². The van der Waals surface area contributed by atoms with Gasteiger partial charge in [0.05, 0.1) is 0 Å². The Labute approximate surface area is 94.7 Å². The van der Waals surface area contributed by atoms with E-state index in [-0.39, 0.29) is 0 Å². The molecule has 0 heterocycles. The van der Waals surface area contributed by atoms with Crippen molar-refractivity contribution >= 4 is 0 Å². The predicted molar refractivity (Wildman–Crippen MR) is 68.4 cm³/mol. The maximum Gasteiger partial charge on any atom is -0.0225 e. The highest BCUT2D eigenvalue weighted by Gasteiger charge is 2.17. The summed E-state index contributed by atoms with van der Waals surface area (Å²) < 4.78 is 0. The van der Waals surface area contributed by atoms with Gasteiger partial charge in [-0.05, 0) is 54.9 Å². The molecule has 0 saturated heterocycles. The molecule has 0 aliphatic rings. The van der Waals surface area contributed by atoms with Crippen molar-refractivity contribution in [2.75, 3.05) is 0 Å². The third-order valence-corrected chi connectivity index (χ3v) is 3.58. The zero-order valence-corrected chi connectivity index (χ0v) is 11.1. The van der Waals surface area contributed by atoms with Crippen molar-refractivity contribution in [3.8, 4) is 0 Å². The molecule has 0 aromatic heterocycles. The second kappa shape index (κ2) is 4.38. The SMILES string of the molecule is CCC(C)(C)Cc1cc(C)c(C)cc1C. The van der Waals surface area contributed by atoms with Crippen LogP contribution in [0.15, 0.2) is 12.1 Å². The van der Waals surface area contributed by atoms with Crippen LogP contribution in [0.2, 0.25) is 0 Å². The lowest BCUT2D eigenvalue weighted by atomic mass is 9.81. The van der Waals surface area contributed by atoms with Crippen molar-refractivity contribution in [3.63, 3.8) is 0 Å². The molecule has 0 heteroatoms. The van der Waals surface area contributed by atoms with E-state index in [1.165, 1.54) is 35.1 Å². The Morgan fingerprint density at radius 3 is 2.00 bits per heavy atom. The number of aryl methyl sites for hydroxylation is 3. The van der Waals surface area contributed by atoms with Gasteiger partial charge in [0.1, 0.15) is 0 Å². The fourth-order valence-electron chi connectivity index (χ4n) is 1.85. The molecule has 0 atom stereocenters. The zero-order valence-electron chi connectivity index (χ0n) is 11.1. The first-order valence-electron chi connectivity index (χ1n) is 5.92. The second-order valence-electron chi connectivity index (χ2n) is 5.56. The maximum atomic E-state index is 2.36. The van der Waals surface area contributed by atoms with Gasteiger partial charge in [-0.3, -0.25) is 0 Å². The van der Waals surface area contributed by atoms with E-state index in [1.807, 2.05) is 0 Å². The lowest BCUT2D eigenvalue weighted by Crippen LogP contribution is -2.14. The molecule has 0 amide bonds. The Morgan fingerprint density at radius 1 is 0.933 bits per heavy atom. The van der Waals surface area contributed by atoms with E-state index < -0.39 is 0 Å². The van der Waals surface area contributed by atoms with Gasteiger partial charge in [-0.2, -0.15) is 0 Å². The molecule has 0 radical (unpaired) electrons. The van der Waals surface area contributed by atoms with Crippen molar-refractivity contribution in [2.24, 2.45) is 5.41 Å². The van der Waals surface area contributed by atoms with Crippen LogP contribution in [0.5, 0.6) is 0 Å². The lowest BCUT2D eigenvalue weighted by Gasteiger charge is -2.24. The van der Waals surface area contributed by atoms with E-state index in [9.17, 15) is 0 Å². The highest BCUT2D eigenvalue weighted by atomic mass is 14.2. The second-order valence-corrected chi connectivity index (χ2v) is 5.56. The predicted octanol–water partition coefficient (Wildman–Crippen LogP) is 4.59. The van der Waals surface area contributed by atoms with Crippen LogP contribution in [-0.4, -0.2) is 0 Å². The van der Waals surface area contributed by atoms with E-state index in [0.29, 0.717) is 5.41 Å². The average molecular weight is 204 g/mol. The van der Waals surface area contributed by atoms with Crippen LogP contribution in [-0.2, 0) is 6.42 Å². The Balaban J connectivity index is 3.01. The molecule has 0 spiro atoms. The van der Waals surface area contributed by atoms with Gasteiger partial charge in [0.15, 0.2) is 0 Å². The highest BCUT2D eigenvalue weighted by Crippen LogP contribution is 2.28. The van der Waals surface area contributed by atoms with Crippen molar-refractivity contribution in [1.29, 1.82) is 0 Å². The first-order chi connectivity index (χ1) is 6.85. The summed E-state index contributed by atoms with van der Waals surface area (Å²) in [6, 6.07) is 4.68. The summed E-state index contributed by atoms with van der Waals surface area (Å²) in [4.78, 5) is 0. The van der Waals surface area contributed by atoms with Gasteiger partial charge in [-0.1, -0.05) is 39.3 Å². The lowest BCUT2D eigenvalue weighted by molar-refractivity contribution is 0.348. The molecule has 0 unspecified atom stereocenters. The molecule has 0 nitrogen and oxygen atoms in total. The number of hydrogen-bond acceptors (Lipinski definition) is 0. The molecule has 0 bridgehead atoms. The van der Waals surface area contributed by atoms with E-state index >= 15 is 0 Å². The Bertz CT molecular complexity index is 345. The van der Waals surface area contributed by atoms with Crippen molar-refractivity contribution in [1.82, 2.24) is 0 Å². The highest BCUT2D eigenvalue weighted by molar-refractivity contribution is 5.36. The summed E-state index contributed by atoms with van der Waals surface area (Å²) >= 11 is 0. The molecule has 1 aromatic rings. The van der Waals surface area contributed by atoms with Crippen LogP contribution in [0.4, 0.5) is 0 Å². The van der Waals surface area contributed by atoms with Crippen LogP contribution < -0.4 is 0 Å². The molecular weight excluding hydrogens is 180 g/mol. The zero-order chi connectivity index (χ0) is 11.6. The number of rotatable bonds is 3. The largest absolute Gasteiger partial charge is 0.0649 e. The first kappa shape index (κ1) is 12.3. The van der Waals surface area contributed by atoms with Gasteiger partial charge in [0, 0.05) is 0 Å². The summed E-state index contributed by atoms with van der Waals surface area (Å²) in [6.07, 6.45) is 2.43. The molecule has 1 rings (SSSR count). The topological polar surface area (TPSA) is 0 Å². The van der Waals surface area contributed by atoms with Gasteiger partial charge >= 0.3 is 0 Å². The quantitative estimate of drug-likeness (QED) is 0.675. The van der Waals surface area contributed by atoms with Crippen molar-refractivity contribution in [3.05, 3.63) is 34.4 Å². The summed E-state index contributed by atoms with van der Waals surface area (Å²) in [5.74, 6) is 0. The molecule has 84 valence electrons. The third-order valence-electron chi connectivity index (χ3n) is 3.58. The summed E-state index contributed by atoms with van der Waals surface area (Å²) in [5, 5.41) is 0. The normalized spacial score (nSPS) is 11.9. The number of hydrogen-bond donors (Lipinski definition) is 0. The van der Waals surface area contributed by atoms with Crippen molar-refractivity contribution in [2.45, 2.75) is 54.4 Å². The summed E-state index contributed by atoms with van der Waals surface area (Å²) in [6.45, 7) is 13.6. The van der Waals surface area contributed by atoms with Crippen LogP contribution in [0.1, 0.15) is 49.4 Å². The summed E-state index contributed by atoms with van der Waals surface area (Å²) in [7, 11) is 0. The molecule has 0 aliphatic carbocycles. The standard InChI is InChI=1S/C15H24/c1-7-15(5,6)10-14-9-12(3)11(2)8-13(14)4/h8-9H,7,10H2,1-6H3. The van der Waals surface area contributed by atoms with Crippen LogP contribution in [0, 0.1) is 26.2 Å². The minimum absolute atomic E-state index is 0.423. The molecular formula is C15H24. The maximum absolute atomic E-state index is 2.36. The fraction of sp³-hybridized carbons (Fsp3) is 0.600. The minimum atomic E-state index is 0.423. The minimum Gasteiger partial charge on any atom is -0.0649 e. The van der Waals surface area contributed by atoms with Crippen LogP contribution in [0.25, 0.3) is 0 Å². The smallest absolute Gasteiger partial charge is 0.0225 e. The summed E-state index contributed by atoms with van der Waals surface area (Å²) in [5.41, 5.74) is 6.21. The van der Waals surface area contributed by atoms with Gasteiger partial charge in [-0.15, -0.1) is 0 Å². The fourth-order valence-corrected chi connectivity index (χ4v) is 1.85. The Kier molecular flexibility index (Phi) is 3.59. The Morgan fingerprint density at radius 2 is 1.47 bits per heavy atom. The third kappa shape index (κ3) is 3.09. The Hall–Kier alpha value is -0.780. The van der Waals surface area contributed by atoms with Gasteiger partial charge < -0.3 is 0 Å². The van der Waals surface area contributed by atoms with E-state index in [2.05, 4.69) is 53.7 Å². The first-order valence-corrected chi connectivity index (χ1v) is 5.92. The van der Waals surface area contributed by atoms with Gasteiger partial charge in [0.25, 0.3) is 0 Å². The van der Waals surface area contributed by atoms with E-state index in [0.717, 1.165) is 0 Å². The average Bonchev–Trinajstić information content (AvgIpc) is 2.14. The van der Waals surface area contributed by atoms with Crippen molar-refractivity contribution < 1.29 is 0 Å².